The Hall–Kier alpha value is -2.48. The molecule has 0 aliphatic carbocycles. The van der Waals surface area contributed by atoms with Crippen molar-refractivity contribution in [2.24, 2.45) is 5.92 Å². The van der Waals surface area contributed by atoms with Gasteiger partial charge in [0.1, 0.15) is 17.1 Å². The number of carbonyl (C=O) groups is 2. The normalized spacial score (nSPS) is 21.9. The third-order valence-electron chi connectivity index (χ3n) is 4.50. The third kappa shape index (κ3) is 5.32. The summed E-state index contributed by atoms with van der Waals surface area (Å²) in [6.45, 7) is 9.21. The van der Waals surface area contributed by atoms with Gasteiger partial charge in [-0.1, -0.05) is 13.8 Å². The van der Waals surface area contributed by atoms with E-state index in [-0.39, 0.29) is 5.92 Å². The van der Waals surface area contributed by atoms with Gasteiger partial charge in [-0.05, 0) is 45.2 Å². The summed E-state index contributed by atoms with van der Waals surface area (Å²) in [7, 11) is 3.03. The summed E-state index contributed by atoms with van der Waals surface area (Å²) in [5, 5.41) is 9.75. The molecule has 2 rings (SSSR count). The van der Waals surface area contributed by atoms with E-state index in [0.29, 0.717) is 23.5 Å². The highest BCUT2D eigenvalue weighted by molar-refractivity contribution is 5.77. The van der Waals surface area contributed by atoms with Crippen LogP contribution in [0.15, 0.2) is 18.2 Å². The van der Waals surface area contributed by atoms with Crippen LogP contribution in [0, 0.1) is 5.92 Å². The number of nitrogens with zero attached hydrogens (tertiary/aromatic N) is 1. The number of hydrogen-bond acceptors (Lipinski definition) is 6. The van der Waals surface area contributed by atoms with Crippen molar-refractivity contribution in [1.29, 1.82) is 0 Å². The quantitative estimate of drug-likeness (QED) is 0.763. The fraction of sp³-hybridized carbons (Fsp3) is 0.619. The van der Waals surface area contributed by atoms with E-state index in [1.54, 1.807) is 39.0 Å². The Morgan fingerprint density at radius 3 is 2.34 bits per heavy atom. The van der Waals surface area contributed by atoms with Crippen molar-refractivity contribution < 1.29 is 33.6 Å². The molecule has 1 saturated heterocycles. The number of benzene rings is 1. The molecule has 3 atom stereocenters. The summed E-state index contributed by atoms with van der Waals surface area (Å²) in [6.07, 6.45) is -2.32. The Labute approximate surface area is 171 Å². The minimum atomic E-state index is -1.18. The molecular formula is C21H31NO7. The zero-order chi connectivity index (χ0) is 21.9. The van der Waals surface area contributed by atoms with Gasteiger partial charge in [0, 0.05) is 11.6 Å². The topological polar surface area (TPSA) is 94.5 Å². The van der Waals surface area contributed by atoms with Gasteiger partial charge in [0.05, 0.1) is 20.3 Å². The summed E-state index contributed by atoms with van der Waals surface area (Å²) in [5.74, 6) is 0.0178. The highest BCUT2D eigenvalue weighted by atomic mass is 16.6. The van der Waals surface area contributed by atoms with Crippen LogP contribution < -0.4 is 9.47 Å². The molecule has 162 valence electrons. The van der Waals surface area contributed by atoms with Crippen LogP contribution in [0.25, 0.3) is 0 Å². The Bertz CT molecular complexity index is 741. The van der Waals surface area contributed by atoms with E-state index >= 15 is 0 Å². The zero-order valence-electron chi connectivity index (χ0n) is 18.1. The van der Waals surface area contributed by atoms with Gasteiger partial charge in [-0.25, -0.2) is 9.59 Å². The largest absolute Gasteiger partial charge is 0.497 e. The first-order chi connectivity index (χ1) is 13.5. The molecule has 1 N–H and O–H groups in total. The van der Waals surface area contributed by atoms with Gasteiger partial charge < -0.3 is 24.1 Å². The van der Waals surface area contributed by atoms with Crippen molar-refractivity contribution in [1.82, 2.24) is 4.90 Å². The van der Waals surface area contributed by atoms with E-state index in [4.69, 9.17) is 18.9 Å². The monoisotopic (exact) mass is 409 g/mol. The number of carboxylic acids is 1. The van der Waals surface area contributed by atoms with Gasteiger partial charge in [-0.15, -0.1) is 0 Å². The first-order valence-corrected chi connectivity index (χ1v) is 9.60. The van der Waals surface area contributed by atoms with Gasteiger partial charge in [-0.2, -0.15) is 0 Å². The molecule has 8 heteroatoms. The van der Waals surface area contributed by atoms with Crippen LogP contribution in [0.1, 0.15) is 52.8 Å². The fourth-order valence-corrected chi connectivity index (χ4v) is 3.35. The lowest BCUT2D eigenvalue weighted by Gasteiger charge is -2.32. The molecule has 1 aliphatic heterocycles. The fourth-order valence-electron chi connectivity index (χ4n) is 3.35. The van der Waals surface area contributed by atoms with Crippen molar-refractivity contribution in [3.05, 3.63) is 23.8 Å². The molecular weight excluding hydrogens is 378 g/mol. The lowest BCUT2D eigenvalue weighted by atomic mass is 9.98. The summed E-state index contributed by atoms with van der Waals surface area (Å²) < 4.78 is 22.2. The summed E-state index contributed by atoms with van der Waals surface area (Å²) in [6, 6.07) is 4.40. The molecule has 1 heterocycles. The molecule has 1 fully saturated rings. The van der Waals surface area contributed by atoms with Gasteiger partial charge in [0.2, 0.25) is 0 Å². The molecule has 2 unspecified atom stereocenters. The van der Waals surface area contributed by atoms with Gasteiger partial charge in [0.25, 0.3) is 0 Å². The molecule has 0 saturated carbocycles. The summed E-state index contributed by atoms with van der Waals surface area (Å²) >= 11 is 0. The van der Waals surface area contributed by atoms with E-state index in [2.05, 4.69) is 0 Å². The Morgan fingerprint density at radius 2 is 1.86 bits per heavy atom. The predicted molar refractivity (Wildman–Crippen MR) is 106 cm³/mol. The minimum Gasteiger partial charge on any atom is -0.497 e. The van der Waals surface area contributed by atoms with Crippen molar-refractivity contribution in [2.75, 3.05) is 14.2 Å². The number of carboxylic acid groups (broad SMARTS) is 1. The Balaban J connectivity index is 2.55. The molecule has 0 radical (unpaired) electrons. The number of aliphatic carboxylic acids is 1. The molecule has 0 spiro atoms. The SMILES string of the molecule is COc1ccc(C2OC(C(=O)O)[C@@H](CC(C)C)N2C(=O)OC(C)(C)C)c(OC)c1. The first kappa shape index (κ1) is 22.8. The number of carbonyl (C=O) groups excluding carboxylic acids is 1. The molecule has 1 aromatic carbocycles. The molecule has 1 aromatic rings. The lowest BCUT2D eigenvalue weighted by molar-refractivity contribution is -0.150. The third-order valence-corrected chi connectivity index (χ3v) is 4.50. The van der Waals surface area contributed by atoms with E-state index in [1.807, 2.05) is 13.8 Å². The maximum absolute atomic E-state index is 13.1. The van der Waals surface area contributed by atoms with Crippen LogP contribution >= 0.6 is 0 Å². The van der Waals surface area contributed by atoms with E-state index in [1.165, 1.54) is 19.1 Å². The molecule has 0 aromatic heterocycles. The lowest BCUT2D eigenvalue weighted by Crippen LogP contribution is -2.45. The predicted octanol–water partition coefficient (Wildman–Crippen LogP) is 3.84. The van der Waals surface area contributed by atoms with Gasteiger partial charge in [0.15, 0.2) is 12.3 Å². The van der Waals surface area contributed by atoms with E-state index in [9.17, 15) is 14.7 Å². The second-order valence-electron chi connectivity index (χ2n) is 8.44. The average Bonchev–Trinajstić information content (AvgIpc) is 2.98. The molecule has 1 aliphatic rings. The standard InChI is InChI=1S/C21H31NO7/c1-12(2)10-15-17(19(23)24)28-18(22(15)20(25)29-21(3,4)5)14-9-8-13(26-6)11-16(14)27-7/h8-9,11-12,15,17-18H,10H2,1-7H3,(H,23,24)/t15-,17?,18?/m1/s1. The van der Waals surface area contributed by atoms with Crippen molar-refractivity contribution >= 4 is 12.1 Å². The molecule has 29 heavy (non-hydrogen) atoms. The van der Waals surface area contributed by atoms with Crippen LogP contribution in [0.5, 0.6) is 11.5 Å². The minimum absolute atomic E-state index is 0.145. The average molecular weight is 409 g/mol. The van der Waals surface area contributed by atoms with Crippen LogP contribution in [0.3, 0.4) is 0 Å². The maximum Gasteiger partial charge on any atom is 0.413 e. The molecule has 8 nitrogen and oxygen atoms in total. The molecule has 1 amide bonds. The van der Waals surface area contributed by atoms with Crippen molar-refractivity contribution in [3.8, 4) is 11.5 Å². The number of hydrogen-bond donors (Lipinski definition) is 1. The van der Waals surface area contributed by atoms with E-state index in [0.717, 1.165) is 0 Å². The molecule has 0 bridgehead atoms. The van der Waals surface area contributed by atoms with Crippen LogP contribution in [-0.4, -0.2) is 54.0 Å². The Kier molecular flexibility index (Phi) is 7.00. The smallest absolute Gasteiger partial charge is 0.413 e. The number of amides is 1. The van der Waals surface area contributed by atoms with Gasteiger partial charge >= 0.3 is 12.1 Å². The highest BCUT2D eigenvalue weighted by Gasteiger charge is 2.51. The summed E-state index contributed by atoms with van der Waals surface area (Å²) in [4.78, 5) is 26.4. The van der Waals surface area contributed by atoms with Crippen LogP contribution in [0.2, 0.25) is 0 Å². The Morgan fingerprint density at radius 1 is 1.21 bits per heavy atom. The zero-order valence-corrected chi connectivity index (χ0v) is 18.1. The number of rotatable bonds is 6. The second kappa shape index (κ2) is 8.90. The van der Waals surface area contributed by atoms with Crippen molar-refractivity contribution in [3.63, 3.8) is 0 Å². The number of ether oxygens (including phenoxy) is 4. The van der Waals surface area contributed by atoms with E-state index < -0.39 is 36.0 Å². The highest BCUT2D eigenvalue weighted by Crippen LogP contribution is 2.42. The van der Waals surface area contributed by atoms with Crippen molar-refractivity contribution in [2.45, 2.75) is 65.0 Å². The van der Waals surface area contributed by atoms with Crippen LogP contribution in [-0.2, 0) is 14.3 Å². The van der Waals surface area contributed by atoms with Gasteiger partial charge in [-0.3, -0.25) is 4.90 Å². The summed E-state index contributed by atoms with van der Waals surface area (Å²) in [5.41, 5.74) is -0.216. The maximum atomic E-state index is 13.1. The van der Waals surface area contributed by atoms with Crippen LogP contribution in [0.4, 0.5) is 4.79 Å². The first-order valence-electron chi connectivity index (χ1n) is 9.60. The number of methoxy groups -OCH3 is 2. The second-order valence-corrected chi connectivity index (χ2v) is 8.44.